The normalized spacial score (nSPS) is 12.2. The summed E-state index contributed by atoms with van der Waals surface area (Å²) >= 11 is 1.57. The summed E-state index contributed by atoms with van der Waals surface area (Å²) in [6.45, 7) is 0.835. The van der Waals surface area contributed by atoms with E-state index in [2.05, 4.69) is 0 Å². The van der Waals surface area contributed by atoms with Gasteiger partial charge in [0.05, 0.1) is 12.8 Å². The van der Waals surface area contributed by atoms with E-state index in [1.165, 1.54) is 10.6 Å². The Balaban J connectivity index is 2.19. The van der Waals surface area contributed by atoms with Crippen molar-refractivity contribution >= 4 is 21.4 Å². The number of nitrogens with zero attached hydrogens (tertiary/aromatic N) is 2. The fraction of sp³-hybridized carbons (Fsp3) is 0.333. The molecule has 0 aromatic carbocycles. The zero-order valence-electron chi connectivity index (χ0n) is 10.4. The standard InChI is InChI=1S/C12H16N2O2S2/c1-13-7-3-5-11(13)9-14(18(2,15)16)10-12-6-4-8-17-12/h3-8H,9-10H2,1-2H3. The minimum absolute atomic E-state index is 0.403. The van der Waals surface area contributed by atoms with Gasteiger partial charge in [-0.1, -0.05) is 6.07 Å². The van der Waals surface area contributed by atoms with Crippen LogP contribution in [0, 0.1) is 0 Å². The van der Waals surface area contributed by atoms with Crippen molar-refractivity contribution in [2.75, 3.05) is 6.26 Å². The maximum absolute atomic E-state index is 11.8. The van der Waals surface area contributed by atoms with Crippen LogP contribution in [0.1, 0.15) is 10.6 Å². The highest BCUT2D eigenvalue weighted by Crippen LogP contribution is 2.16. The number of rotatable bonds is 5. The zero-order valence-corrected chi connectivity index (χ0v) is 12.0. The smallest absolute Gasteiger partial charge is 0.211 e. The van der Waals surface area contributed by atoms with E-state index in [0.717, 1.165) is 10.6 Å². The Bertz CT molecular complexity index is 600. The molecule has 0 atom stereocenters. The first-order chi connectivity index (χ1) is 8.47. The van der Waals surface area contributed by atoms with Crippen molar-refractivity contribution in [3.63, 3.8) is 0 Å². The topological polar surface area (TPSA) is 42.3 Å². The SMILES string of the molecule is Cn1cccc1CN(Cc1cccs1)S(C)(=O)=O. The molecule has 0 unspecified atom stereocenters. The summed E-state index contributed by atoms with van der Waals surface area (Å²) in [7, 11) is -1.29. The monoisotopic (exact) mass is 284 g/mol. The van der Waals surface area contributed by atoms with Crippen LogP contribution in [0.2, 0.25) is 0 Å². The fourth-order valence-electron chi connectivity index (χ4n) is 1.71. The van der Waals surface area contributed by atoms with Crippen molar-refractivity contribution in [3.05, 3.63) is 46.4 Å². The molecule has 0 aliphatic carbocycles. The van der Waals surface area contributed by atoms with E-state index in [1.54, 1.807) is 11.3 Å². The van der Waals surface area contributed by atoms with Crippen LogP contribution in [0.3, 0.4) is 0 Å². The largest absolute Gasteiger partial charge is 0.353 e. The Labute approximate surface area is 112 Å². The van der Waals surface area contributed by atoms with E-state index >= 15 is 0 Å². The molecule has 0 radical (unpaired) electrons. The molecule has 0 spiro atoms. The van der Waals surface area contributed by atoms with Crippen LogP contribution in [0.4, 0.5) is 0 Å². The maximum atomic E-state index is 11.8. The van der Waals surface area contributed by atoms with Gasteiger partial charge in [-0.15, -0.1) is 11.3 Å². The van der Waals surface area contributed by atoms with E-state index in [-0.39, 0.29) is 0 Å². The van der Waals surface area contributed by atoms with Crippen LogP contribution in [-0.4, -0.2) is 23.5 Å². The summed E-state index contributed by atoms with van der Waals surface area (Å²) < 4.78 is 27.1. The van der Waals surface area contributed by atoms with Gasteiger partial charge in [-0.2, -0.15) is 4.31 Å². The molecule has 0 saturated carbocycles. The van der Waals surface area contributed by atoms with E-state index in [4.69, 9.17) is 0 Å². The fourth-order valence-corrected chi connectivity index (χ4v) is 3.25. The minimum Gasteiger partial charge on any atom is -0.353 e. The predicted molar refractivity (Wildman–Crippen MR) is 73.8 cm³/mol. The summed E-state index contributed by atoms with van der Waals surface area (Å²) in [5.74, 6) is 0. The lowest BCUT2D eigenvalue weighted by atomic mass is 10.4. The molecule has 4 nitrogen and oxygen atoms in total. The third kappa shape index (κ3) is 3.22. The highest BCUT2D eigenvalue weighted by atomic mass is 32.2. The predicted octanol–water partition coefficient (Wildman–Crippen LogP) is 2.05. The number of aromatic nitrogens is 1. The van der Waals surface area contributed by atoms with Crippen molar-refractivity contribution in [2.45, 2.75) is 13.1 Å². The van der Waals surface area contributed by atoms with Crippen molar-refractivity contribution in [3.8, 4) is 0 Å². The average Bonchev–Trinajstić information content (AvgIpc) is 2.89. The third-order valence-corrected chi connectivity index (χ3v) is 4.83. The molecule has 0 aliphatic heterocycles. The van der Waals surface area contributed by atoms with Gasteiger partial charge in [0.15, 0.2) is 0 Å². The quantitative estimate of drug-likeness (QED) is 0.843. The molecule has 6 heteroatoms. The van der Waals surface area contributed by atoms with Crippen LogP contribution in [0.5, 0.6) is 0 Å². The van der Waals surface area contributed by atoms with E-state index in [1.807, 2.05) is 47.5 Å². The molecule has 2 aromatic rings. The van der Waals surface area contributed by atoms with Gasteiger partial charge in [0, 0.05) is 30.4 Å². The Hall–Kier alpha value is -1.11. The summed E-state index contributed by atoms with van der Waals surface area (Å²) in [6, 6.07) is 7.74. The first kappa shape index (κ1) is 13.3. The zero-order chi connectivity index (χ0) is 13.2. The molecule has 0 N–H and O–H groups in total. The van der Waals surface area contributed by atoms with Gasteiger partial charge in [-0.25, -0.2) is 8.42 Å². The van der Waals surface area contributed by atoms with Gasteiger partial charge in [0.2, 0.25) is 10.0 Å². The van der Waals surface area contributed by atoms with Crippen LogP contribution in [0.15, 0.2) is 35.8 Å². The summed E-state index contributed by atoms with van der Waals surface area (Å²) in [4.78, 5) is 1.05. The van der Waals surface area contributed by atoms with E-state index in [9.17, 15) is 8.42 Å². The molecule has 0 saturated heterocycles. The Morgan fingerprint density at radius 2 is 2.06 bits per heavy atom. The van der Waals surface area contributed by atoms with Gasteiger partial charge >= 0.3 is 0 Å². The highest BCUT2D eigenvalue weighted by molar-refractivity contribution is 7.88. The van der Waals surface area contributed by atoms with Gasteiger partial charge in [0.25, 0.3) is 0 Å². The first-order valence-electron chi connectivity index (χ1n) is 5.54. The van der Waals surface area contributed by atoms with Crippen molar-refractivity contribution in [2.24, 2.45) is 7.05 Å². The second-order valence-electron chi connectivity index (χ2n) is 4.22. The molecule has 18 heavy (non-hydrogen) atoms. The van der Waals surface area contributed by atoms with Gasteiger partial charge < -0.3 is 4.57 Å². The molecule has 0 aliphatic rings. The van der Waals surface area contributed by atoms with Crippen LogP contribution in [-0.2, 0) is 30.2 Å². The lowest BCUT2D eigenvalue weighted by molar-refractivity contribution is 0.399. The Kier molecular flexibility index (Phi) is 3.89. The van der Waals surface area contributed by atoms with Crippen molar-refractivity contribution in [1.29, 1.82) is 0 Å². The Morgan fingerprint density at radius 1 is 1.28 bits per heavy atom. The van der Waals surface area contributed by atoms with E-state index in [0.29, 0.717) is 13.1 Å². The first-order valence-corrected chi connectivity index (χ1v) is 8.27. The van der Waals surface area contributed by atoms with Crippen LogP contribution in [0.25, 0.3) is 0 Å². The summed E-state index contributed by atoms with van der Waals surface area (Å²) in [5.41, 5.74) is 0.983. The molecule has 2 aromatic heterocycles. The lowest BCUT2D eigenvalue weighted by Crippen LogP contribution is -2.29. The molecule has 0 amide bonds. The molecule has 2 heterocycles. The van der Waals surface area contributed by atoms with Crippen molar-refractivity contribution < 1.29 is 8.42 Å². The summed E-state index contributed by atoms with van der Waals surface area (Å²) in [6.07, 6.45) is 3.17. The van der Waals surface area contributed by atoms with Crippen LogP contribution < -0.4 is 0 Å². The number of hydrogen-bond donors (Lipinski definition) is 0. The molecule has 2 rings (SSSR count). The average molecular weight is 284 g/mol. The molecular formula is C12H16N2O2S2. The molecule has 0 fully saturated rings. The summed E-state index contributed by atoms with van der Waals surface area (Å²) in [5, 5.41) is 1.96. The molecule has 98 valence electrons. The number of thiophene rings is 1. The molecule has 0 bridgehead atoms. The maximum Gasteiger partial charge on any atom is 0.211 e. The number of hydrogen-bond acceptors (Lipinski definition) is 3. The highest BCUT2D eigenvalue weighted by Gasteiger charge is 2.18. The number of aryl methyl sites for hydroxylation is 1. The second kappa shape index (κ2) is 5.26. The molecular weight excluding hydrogens is 268 g/mol. The minimum atomic E-state index is -3.21. The van der Waals surface area contributed by atoms with Crippen LogP contribution >= 0.6 is 11.3 Å². The van der Waals surface area contributed by atoms with Crippen molar-refractivity contribution in [1.82, 2.24) is 8.87 Å². The van der Waals surface area contributed by atoms with Gasteiger partial charge in [-0.05, 0) is 23.6 Å². The second-order valence-corrected chi connectivity index (χ2v) is 7.24. The van der Waals surface area contributed by atoms with Gasteiger partial charge in [0.1, 0.15) is 0 Å². The lowest BCUT2D eigenvalue weighted by Gasteiger charge is -2.19. The Morgan fingerprint density at radius 3 is 2.56 bits per heavy atom. The third-order valence-electron chi connectivity index (χ3n) is 2.77. The van der Waals surface area contributed by atoms with E-state index < -0.39 is 10.0 Å². The van der Waals surface area contributed by atoms with Gasteiger partial charge in [-0.3, -0.25) is 0 Å². The number of sulfonamides is 1.